The zero-order valence-corrected chi connectivity index (χ0v) is 21.8. The van der Waals surface area contributed by atoms with E-state index in [1.54, 1.807) is 42.1 Å². The second-order valence-electron chi connectivity index (χ2n) is 8.85. The molecule has 2 aromatic carbocycles. The molecule has 1 aliphatic rings. The number of carbonyl (C=O) groups is 1. The monoisotopic (exact) mass is 519 g/mol. The van der Waals surface area contributed by atoms with Crippen molar-refractivity contribution in [2.75, 3.05) is 19.6 Å². The van der Waals surface area contributed by atoms with E-state index < -0.39 is 15.9 Å². The molecule has 10 heteroatoms. The van der Waals surface area contributed by atoms with Gasteiger partial charge in [-0.15, -0.1) is 0 Å². The molecule has 1 amide bonds. The molecule has 0 bridgehead atoms. The van der Waals surface area contributed by atoms with Crippen molar-refractivity contribution >= 4 is 22.0 Å². The highest BCUT2D eigenvalue weighted by Crippen LogP contribution is 2.29. The second kappa shape index (κ2) is 11.1. The molecule has 4 rings (SSSR count). The van der Waals surface area contributed by atoms with Gasteiger partial charge >= 0.3 is 0 Å². The normalized spacial score (nSPS) is 18.8. The minimum atomic E-state index is -3.78. The number of nitrogens with zero attached hydrogens (tertiary/aromatic N) is 4. The van der Waals surface area contributed by atoms with Gasteiger partial charge < -0.3 is 10.1 Å². The van der Waals surface area contributed by atoms with Gasteiger partial charge in [0.2, 0.25) is 10.0 Å². The Bertz CT molecular complexity index is 1450. The van der Waals surface area contributed by atoms with Gasteiger partial charge in [0.1, 0.15) is 17.3 Å². The Morgan fingerprint density at radius 1 is 1.16 bits per heavy atom. The Labute approximate surface area is 217 Å². The number of hydrogen-bond acceptors (Lipinski definition) is 6. The fourth-order valence-electron chi connectivity index (χ4n) is 4.27. The summed E-state index contributed by atoms with van der Waals surface area (Å²) in [5.41, 5.74) is 2.21. The van der Waals surface area contributed by atoms with Crippen LogP contribution in [0.1, 0.15) is 26.3 Å². The van der Waals surface area contributed by atoms with Crippen LogP contribution >= 0.6 is 0 Å². The Hall–Kier alpha value is -3.78. The summed E-state index contributed by atoms with van der Waals surface area (Å²) in [6.45, 7) is 6.40. The van der Waals surface area contributed by atoms with E-state index >= 15 is 0 Å². The summed E-state index contributed by atoms with van der Waals surface area (Å²) in [7, 11) is -3.78. The van der Waals surface area contributed by atoms with Crippen molar-refractivity contribution in [3.63, 3.8) is 0 Å². The molecular formula is C27H29N5O4S. The standard InChI is InChI=1S/C27H29N5O4S/c1-4-29-27(33)22(15-28)13-23-18-32(24-10-6-5-7-11-24)30-26(23)21-9-8-12-25(14-21)37(34,35)31-16-19(2)36-20(3)17-31/h5-14,18-20H,4,16-17H2,1-3H3,(H,29,33)/b22-13-. The molecule has 3 aromatic rings. The Morgan fingerprint density at radius 3 is 2.51 bits per heavy atom. The van der Waals surface area contributed by atoms with Crippen LogP contribution in [0.3, 0.4) is 0 Å². The lowest BCUT2D eigenvalue weighted by molar-refractivity contribution is -0.116. The predicted octanol–water partition coefficient (Wildman–Crippen LogP) is 3.38. The molecule has 2 heterocycles. The lowest BCUT2D eigenvalue weighted by atomic mass is 10.1. The number of benzene rings is 2. The fraction of sp³-hybridized carbons (Fsp3) is 0.296. The van der Waals surface area contributed by atoms with Crippen molar-refractivity contribution in [3.8, 4) is 23.0 Å². The summed E-state index contributed by atoms with van der Waals surface area (Å²) in [5, 5.41) is 16.9. The summed E-state index contributed by atoms with van der Waals surface area (Å²) in [6, 6.07) is 17.9. The quantitative estimate of drug-likeness (QED) is 0.378. The molecule has 0 aliphatic carbocycles. The number of hydrogen-bond donors (Lipinski definition) is 1. The van der Waals surface area contributed by atoms with Gasteiger partial charge in [0.05, 0.1) is 22.8 Å². The van der Waals surface area contributed by atoms with Crippen LogP contribution in [-0.2, 0) is 19.6 Å². The first-order valence-corrected chi connectivity index (χ1v) is 13.5. The van der Waals surface area contributed by atoms with E-state index in [4.69, 9.17) is 9.84 Å². The number of sulfonamides is 1. The van der Waals surface area contributed by atoms with E-state index in [0.29, 0.717) is 23.4 Å². The van der Waals surface area contributed by atoms with Crippen molar-refractivity contribution in [2.24, 2.45) is 0 Å². The molecule has 0 radical (unpaired) electrons. The zero-order chi connectivity index (χ0) is 26.6. The molecule has 1 aromatic heterocycles. The molecule has 0 spiro atoms. The summed E-state index contributed by atoms with van der Waals surface area (Å²) in [4.78, 5) is 12.5. The number of para-hydroxylation sites is 1. The first-order chi connectivity index (χ1) is 17.7. The van der Waals surface area contributed by atoms with Crippen LogP contribution in [-0.4, -0.2) is 60.3 Å². The maximum absolute atomic E-state index is 13.5. The highest BCUT2D eigenvalue weighted by molar-refractivity contribution is 7.89. The minimum absolute atomic E-state index is 0.0734. The number of carbonyl (C=O) groups excluding carboxylic acids is 1. The molecule has 1 aliphatic heterocycles. The van der Waals surface area contributed by atoms with Crippen LogP contribution in [0.4, 0.5) is 0 Å². The molecule has 1 fully saturated rings. The number of morpholine rings is 1. The number of nitrogens with one attached hydrogen (secondary N) is 1. The third-order valence-corrected chi connectivity index (χ3v) is 7.72. The van der Waals surface area contributed by atoms with Crippen molar-refractivity contribution < 1.29 is 17.9 Å². The van der Waals surface area contributed by atoms with Crippen molar-refractivity contribution in [1.29, 1.82) is 5.26 Å². The van der Waals surface area contributed by atoms with E-state index in [-0.39, 0.29) is 35.8 Å². The lowest BCUT2D eigenvalue weighted by Gasteiger charge is -2.34. The van der Waals surface area contributed by atoms with Crippen molar-refractivity contribution in [2.45, 2.75) is 37.9 Å². The van der Waals surface area contributed by atoms with Gasteiger partial charge in [-0.25, -0.2) is 13.1 Å². The molecule has 1 saturated heterocycles. The van der Waals surface area contributed by atoms with Gasteiger partial charge in [-0.1, -0.05) is 30.3 Å². The van der Waals surface area contributed by atoms with Crippen LogP contribution in [0.15, 0.2) is 71.3 Å². The first-order valence-electron chi connectivity index (χ1n) is 12.0. The Balaban J connectivity index is 1.81. The number of amides is 1. The minimum Gasteiger partial charge on any atom is -0.373 e. The number of ether oxygens (including phenoxy) is 1. The maximum Gasteiger partial charge on any atom is 0.261 e. The average Bonchev–Trinajstić information content (AvgIpc) is 3.31. The summed E-state index contributed by atoms with van der Waals surface area (Å²) in [6.07, 6.45) is 2.77. The van der Waals surface area contributed by atoms with E-state index in [0.717, 1.165) is 5.69 Å². The Kier molecular flexibility index (Phi) is 7.88. The van der Waals surface area contributed by atoms with Gasteiger partial charge in [-0.2, -0.15) is 14.7 Å². The topological polar surface area (TPSA) is 117 Å². The number of aromatic nitrogens is 2. The molecule has 2 atom stereocenters. The van der Waals surface area contributed by atoms with Crippen molar-refractivity contribution in [3.05, 3.63) is 71.9 Å². The molecular weight excluding hydrogens is 490 g/mol. The van der Waals surface area contributed by atoms with E-state index in [9.17, 15) is 18.5 Å². The highest BCUT2D eigenvalue weighted by atomic mass is 32.2. The van der Waals surface area contributed by atoms with Crippen LogP contribution in [0.25, 0.3) is 23.0 Å². The number of rotatable bonds is 7. The fourth-order valence-corrected chi connectivity index (χ4v) is 5.91. The number of likely N-dealkylation sites (N-methyl/N-ethyl adjacent to an activating group) is 1. The molecule has 9 nitrogen and oxygen atoms in total. The van der Waals surface area contributed by atoms with Crippen molar-refractivity contribution in [1.82, 2.24) is 19.4 Å². The third-order valence-electron chi connectivity index (χ3n) is 5.90. The van der Waals surface area contributed by atoms with E-state index in [1.807, 2.05) is 50.2 Å². The lowest BCUT2D eigenvalue weighted by Crippen LogP contribution is -2.48. The molecule has 2 unspecified atom stereocenters. The van der Waals surface area contributed by atoms with Gasteiger partial charge in [-0.3, -0.25) is 4.79 Å². The van der Waals surface area contributed by atoms with E-state index in [2.05, 4.69) is 5.32 Å². The SMILES string of the molecule is CCNC(=O)/C(C#N)=C\c1cn(-c2ccccc2)nc1-c1cccc(S(=O)(=O)N2CC(C)OC(C)C2)c1. The molecule has 0 saturated carbocycles. The predicted molar refractivity (Wildman–Crippen MR) is 140 cm³/mol. The van der Waals surface area contributed by atoms with Crippen LogP contribution in [0, 0.1) is 11.3 Å². The molecule has 37 heavy (non-hydrogen) atoms. The summed E-state index contributed by atoms with van der Waals surface area (Å²) in [5.74, 6) is -0.490. The molecule has 1 N–H and O–H groups in total. The van der Waals surface area contributed by atoms with Gasteiger partial charge in [0.15, 0.2) is 0 Å². The smallest absolute Gasteiger partial charge is 0.261 e. The largest absolute Gasteiger partial charge is 0.373 e. The first kappa shape index (κ1) is 26.3. The van der Waals surface area contributed by atoms with Gasteiger partial charge in [-0.05, 0) is 51.1 Å². The average molecular weight is 520 g/mol. The summed E-state index contributed by atoms with van der Waals surface area (Å²) < 4.78 is 35.8. The zero-order valence-electron chi connectivity index (χ0n) is 21.0. The highest BCUT2D eigenvalue weighted by Gasteiger charge is 2.32. The van der Waals surface area contributed by atoms with E-state index in [1.165, 1.54) is 10.4 Å². The molecule has 192 valence electrons. The van der Waals surface area contributed by atoms with Crippen LogP contribution < -0.4 is 5.32 Å². The maximum atomic E-state index is 13.5. The van der Waals surface area contributed by atoms with Crippen LogP contribution in [0.5, 0.6) is 0 Å². The third kappa shape index (κ3) is 5.80. The second-order valence-corrected chi connectivity index (χ2v) is 10.8. The summed E-state index contributed by atoms with van der Waals surface area (Å²) >= 11 is 0. The van der Waals surface area contributed by atoms with Crippen LogP contribution in [0.2, 0.25) is 0 Å². The van der Waals surface area contributed by atoms with Gasteiger partial charge in [0.25, 0.3) is 5.91 Å². The Morgan fingerprint density at radius 2 is 1.86 bits per heavy atom. The van der Waals surface area contributed by atoms with Gasteiger partial charge in [0, 0.05) is 37.0 Å². The number of nitriles is 1.